The predicted octanol–water partition coefficient (Wildman–Crippen LogP) is 3.06. The molecule has 0 aromatic heterocycles. The van der Waals surface area contributed by atoms with E-state index in [1.54, 1.807) is 0 Å². The van der Waals surface area contributed by atoms with Gasteiger partial charge < -0.3 is 10.8 Å². The zero-order chi connectivity index (χ0) is 22.8. The standard InChI is InChI=1S/C10H15NO2P.C6H3N3O7/c1-13-14(12)8-10(11)7-9-5-3-2-4-6-9;10-6-4(8(13)14)1-3(7(11)12)2-5(6)9(15)16/h2-6,10H,7-8,11H2,1H3;1-2,10H/q+1;. The van der Waals surface area contributed by atoms with Gasteiger partial charge in [-0.15, -0.1) is 4.52 Å². The van der Waals surface area contributed by atoms with Crippen LogP contribution in [-0.4, -0.2) is 39.2 Å². The van der Waals surface area contributed by atoms with Crippen LogP contribution in [0.2, 0.25) is 0 Å². The summed E-state index contributed by atoms with van der Waals surface area (Å²) in [5.74, 6) is -1.21. The Morgan fingerprint density at radius 2 is 1.53 bits per heavy atom. The second kappa shape index (κ2) is 11.5. The topological polar surface area (TPSA) is 202 Å². The number of nitrogens with zero attached hydrogens (tertiary/aromatic N) is 3. The van der Waals surface area contributed by atoms with E-state index >= 15 is 0 Å². The molecule has 2 rings (SSSR count). The summed E-state index contributed by atoms with van der Waals surface area (Å²) in [6, 6.07) is 10.7. The third-order valence-electron chi connectivity index (χ3n) is 3.59. The van der Waals surface area contributed by atoms with Gasteiger partial charge in [-0.2, -0.15) is 0 Å². The number of nitro benzene ring substituents is 3. The number of aromatic hydroxyl groups is 1. The number of rotatable bonds is 8. The number of nitrogens with two attached hydrogens (primary N) is 1. The Kier molecular flexibility index (Phi) is 9.36. The molecule has 0 bridgehead atoms. The molecule has 13 nitrogen and oxygen atoms in total. The Labute approximate surface area is 170 Å². The van der Waals surface area contributed by atoms with Crippen LogP contribution in [0.4, 0.5) is 17.1 Å². The molecule has 2 aromatic carbocycles. The maximum Gasteiger partial charge on any atom is 0.509 e. The molecular formula is C16H18N4O9P+. The summed E-state index contributed by atoms with van der Waals surface area (Å²) in [6.45, 7) is 0. The van der Waals surface area contributed by atoms with Crippen molar-refractivity contribution in [2.45, 2.75) is 12.5 Å². The van der Waals surface area contributed by atoms with Crippen molar-refractivity contribution in [2.75, 3.05) is 13.3 Å². The lowest BCUT2D eigenvalue weighted by Gasteiger charge is -2.04. The van der Waals surface area contributed by atoms with Crippen LogP contribution >= 0.6 is 8.03 Å². The maximum absolute atomic E-state index is 11.1. The van der Waals surface area contributed by atoms with Crippen LogP contribution in [0.15, 0.2) is 42.5 Å². The molecule has 0 radical (unpaired) electrons. The first kappa shape index (κ1) is 24.5. The molecule has 0 aliphatic carbocycles. The van der Waals surface area contributed by atoms with Crippen LogP contribution in [0.3, 0.4) is 0 Å². The van der Waals surface area contributed by atoms with Crippen molar-refractivity contribution >= 4 is 25.1 Å². The third kappa shape index (κ3) is 7.47. The molecule has 0 fully saturated rings. The van der Waals surface area contributed by atoms with Crippen molar-refractivity contribution in [3.63, 3.8) is 0 Å². The van der Waals surface area contributed by atoms with Crippen LogP contribution < -0.4 is 5.73 Å². The molecule has 2 atom stereocenters. The van der Waals surface area contributed by atoms with Gasteiger partial charge in [0.2, 0.25) is 0 Å². The van der Waals surface area contributed by atoms with E-state index < -0.39 is 45.6 Å². The summed E-state index contributed by atoms with van der Waals surface area (Å²) in [5.41, 5.74) is 3.98. The number of non-ortho nitro benzene ring substituents is 1. The Morgan fingerprint density at radius 1 is 1.03 bits per heavy atom. The van der Waals surface area contributed by atoms with E-state index in [4.69, 9.17) is 10.8 Å². The first-order chi connectivity index (χ1) is 14.1. The Bertz CT molecular complexity index is 905. The van der Waals surface area contributed by atoms with Gasteiger partial charge in [0.25, 0.3) is 11.4 Å². The van der Waals surface area contributed by atoms with E-state index in [9.17, 15) is 34.9 Å². The van der Waals surface area contributed by atoms with E-state index in [0.717, 1.165) is 6.42 Å². The monoisotopic (exact) mass is 441 g/mol. The molecule has 0 heterocycles. The van der Waals surface area contributed by atoms with Crippen molar-refractivity contribution in [2.24, 2.45) is 5.73 Å². The minimum atomic E-state index is -1.59. The highest BCUT2D eigenvalue weighted by Crippen LogP contribution is 2.38. The third-order valence-corrected chi connectivity index (χ3v) is 4.76. The molecular weight excluding hydrogens is 423 g/mol. The quantitative estimate of drug-likeness (QED) is 0.348. The van der Waals surface area contributed by atoms with E-state index in [1.165, 1.54) is 12.7 Å². The smallest absolute Gasteiger partial charge is 0.497 e. The average molecular weight is 441 g/mol. The molecule has 2 unspecified atom stereocenters. The van der Waals surface area contributed by atoms with Gasteiger partial charge in [0.15, 0.2) is 6.16 Å². The highest BCUT2D eigenvalue weighted by molar-refractivity contribution is 7.39. The Balaban J connectivity index is 0.000000303. The molecule has 0 saturated carbocycles. The number of nitro groups is 3. The van der Waals surface area contributed by atoms with Gasteiger partial charge in [-0.05, 0) is 16.5 Å². The van der Waals surface area contributed by atoms with Gasteiger partial charge in [0, 0.05) is 0 Å². The van der Waals surface area contributed by atoms with Crippen molar-refractivity contribution in [1.82, 2.24) is 0 Å². The molecule has 0 amide bonds. The van der Waals surface area contributed by atoms with Gasteiger partial charge in [0.05, 0.1) is 40.1 Å². The zero-order valence-electron chi connectivity index (χ0n) is 15.6. The lowest BCUT2D eigenvalue weighted by molar-refractivity contribution is -0.404. The fourth-order valence-corrected chi connectivity index (χ4v) is 2.88. The van der Waals surface area contributed by atoms with Gasteiger partial charge in [-0.1, -0.05) is 30.3 Å². The summed E-state index contributed by atoms with van der Waals surface area (Å²) >= 11 is 0. The van der Waals surface area contributed by atoms with Crippen LogP contribution in [0.5, 0.6) is 5.75 Å². The maximum atomic E-state index is 11.1. The summed E-state index contributed by atoms with van der Waals surface area (Å²) in [6.07, 6.45) is 1.16. The van der Waals surface area contributed by atoms with Crippen molar-refractivity contribution in [1.29, 1.82) is 0 Å². The molecule has 3 N–H and O–H groups in total. The SMILES string of the molecule is CO[P+](=O)CC(N)Cc1ccccc1.O=[N+]([O-])c1cc([N+](=O)[O-])c(O)c([N+](=O)[O-])c1. The van der Waals surface area contributed by atoms with Gasteiger partial charge in [-0.3, -0.25) is 30.3 Å². The van der Waals surface area contributed by atoms with Gasteiger partial charge in [0.1, 0.15) is 0 Å². The number of phenolic OH excluding ortho intramolecular Hbond substituents is 1. The fraction of sp³-hybridized carbons (Fsp3) is 0.250. The molecule has 0 aliphatic heterocycles. The van der Waals surface area contributed by atoms with Crippen LogP contribution in [-0.2, 0) is 15.5 Å². The minimum absolute atomic E-state index is 0.0963. The minimum Gasteiger partial charge on any atom is -0.497 e. The predicted molar refractivity (Wildman–Crippen MR) is 106 cm³/mol. The number of hydrogen-bond donors (Lipinski definition) is 2. The molecule has 0 spiro atoms. The van der Waals surface area contributed by atoms with Crippen LogP contribution in [0.25, 0.3) is 0 Å². The van der Waals surface area contributed by atoms with E-state index in [0.29, 0.717) is 18.3 Å². The van der Waals surface area contributed by atoms with Crippen LogP contribution in [0.1, 0.15) is 5.56 Å². The fourth-order valence-electron chi connectivity index (χ4n) is 2.22. The van der Waals surface area contributed by atoms with Crippen molar-refractivity contribution in [3.05, 3.63) is 78.4 Å². The van der Waals surface area contributed by atoms with E-state index in [2.05, 4.69) is 4.52 Å². The van der Waals surface area contributed by atoms with E-state index in [-0.39, 0.29) is 6.04 Å². The number of hydrogen-bond acceptors (Lipinski definition) is 10. The number of phenols is 1. The highest BCUT2D eigenvalue weighted by Gasteiger charge is 2.30. The van der Waals surface area contributed by atoms with Crippen molar-refractivity contribution in [3.8, 4) is 5.75 Å². The largest absolute Gasteiger partial charge is 0.509 e. The molecule has 160 valence electrons. The second-order valence-corrected chi connectivity index (χ2v) is 7.15. The van der Waals surface area contributed by atoms with Crippen LogP contribution in [0, 0.1) is 30.3 Å². The lowest BCUT2D eigenvalue weighted by atomic mass is 10.1. The molecule has 0 saturated heterocycles. The Hall–Kier alpha value is -3.54. The van der Waals surface area contributed by atoms with Crippen molar-refractivity contribution < 1.29 is 29.0 Å². The van der Waals surface area contributed by atoms with Gasteiger partial charge >= 0.3 is 19.4 Å². The summed E-state index contributed by atoms with van der Waals surface area (Å²) in [4.78, 5) is 27.8. The van der Waals surface area contributed by atoms with E-state index in [1.807, 2.05) is 30.3 Å². The summed E-state index contributed by atoms with van der Waals surface area (Å²) < 4.78 is 15.7. The molecule has 0 aliphatic rings. The summed E-state index contributed by atoms with van der Waals surface area (Å²) in [7, 11) is -0.151. The summed E-state index contributed by atoms with van der Waals surface area (Å²) in [5, 5.41) is 40.2. The first-order valence-corrected chi connectivity index (χ1v) is 9.51. The molecule has 30 heavy (non-hydrogen) atoms. The first-order valence-electron chi connectivity index (χ1n) is 8.15. The zero-order valence-corrected chi connectivity index (χ0v) is 16.5. The second-order valence-electron chi connectivity index (χ2n) is 5.75. The van der Waals surface area contributed by atoms with Gasteiger partial charge in [-0.25, -0.2) is 0 Å². The highest BCUT2D eigenvalue weighted by atomic mass is 31.1. The lowest BCUT2D eigenvalue weighted by Crippen LogP contribution is -2.25. The Morgan fingerprint density at radius 3 is 1.93 bits per heavy atom. The normalized spacial score (nSPS) is 11.6. The number of benzene rings is 2. The molecule has 14 heteroatoms. The molecule has 2 aromatic rings. The average Bonchev–Trinajstić information content (AvgIpc) is 2.68.